The Morgan fingerprint density at radius 1 is 1.21 bits per heavy atom. The van der Waals surface area contributed by atoms with Gasteiger partial charge in [-0.25, -0.2) is 0 Å². The van der Waals surface area contributed by atoms with E-state index >= 15 is 0 Å². The van der Waals surface area contributed by atoms with Gasteiger partial charge in [0.1, 0.15) is 11.5 Å². The fourth-order valence-corrected chi connectivity index (χ4v) is 4.78. The molecule has 2 heterocycles. The summed E-state index contributed by atoms with van der Waals surface area (Å²) in [6.45, 7) is 6.54. The van der Waals surface area contributed by atoms with Crippen LogP contribution in [0.4, 0.5) is 5.69 Å². The van der Waals surface area contributed by atoms with E-state index in [1.165, 1.54) is 9.35 Å². The summed E-state index contributed by atoms with van der Waals surface area (Å²) in [6.07, 6.45) is 0. The Kier molecular flexibility index (Phi) is 7.34. The van der Waals surface area contributed by atoms with Crippen molar-refractivity contribution in [2.45, 2.75) is 19.5 Å². The van der Waals surface area contributed by atoms with Crippen molar-refractivity contribution < 1.29 is 14.3 Å². The van der Waals surface area contributed by atoms with Crippen LogP contribution in [0.1, 0.15) is 11.8 Å². The van der Waals surface area contributed by atoms with Crippen molar-refractivity contribution in [1.29, 1.82) is 0 Å². The lowest BCUT2D eigenvalue weighted by Gasteiger charge is -2.37. The lowest BCUT2D eigenvalue weighted by Crippen LogP contribution is -2.52. The average molecular weight is 468 g/mol. The predicted octanol–water partition coefficient (Wildman–Crippen LogP) is 3.67. The first-order valence-corrected chi connectivity index (χ1v) is 10.9. The molecule has 3 rings (SSSR count). The third-order valence-electron chi connectivity index (χ3n) is 5.06. The molecule has 0 aliphatic carbocycles. The van der Waals surface area contributed by atoms with E-state index < -0.39 is 0 Å². The van der Waals surface area contributed by atoms with Gasteiger partial charge in [0.25, 0.3) is 0 Å². The molecule has 1 aliphatic heterocycles. The van der Waals surface area contributed by atoms with E-state index in [0.717, 1.165) is 32.7 Å². The Labute approximate surface area is 178 Å². The molecule has 152 valence electrons. The van der Waals surface area contributed by atoms with Gasteiger partial charge in [0.2, 0.25) is 5.91 Å². The summed E-state index contributed by atoms with van der Waals surface area (Å²) >= 11 is 5.38. The Morgan fingerprint density at radius 3 is 2.57 bits per heavy atom. The van der Waals surface area contributed by atoms with Crippen LogP contribution >= 0.6 is 27.3 Å². The Bertz CT molecular complexity index is 806. The highest BCUT2D eigenvalue weighted by Crippen LogP contribution is 2.29. The zero-order chi connectivity index (χ0) is 20.1. The second-order valence-corrected chi connectivity index (χ2v) is 8.59. The number of anilines is 1. The Balaban J connectivity index is 1.55. The maximum Gasteiger partial charge on any atom is 0.241 e. The topological polar surface area (TPSA) is 54.0 Å². The summed E-state index contributed by atoms with van der Waals surface area (Å²) in [5.41, 5.74) is 0.625. The van der Waals surface area contributed by atoms with Gasteiger partial charge in [-0.3, -0.25) is 14.6 Å². The van der Waals surface area contributed by atoms with E-state index in [9.17, 15) is 4.79 Å². The third-order valence-corrected chi connectivity index (χ3v) is 6.97. The molecular formula is C20H26BrN3O3S. The van der Waals surface area contributed by atoms with Crippen molar-refractivity contribution >= 4 is 38.9 Å². The number of methoxy groups -OCH3 is 2. The number of nitrogens with one attached hydrogen (secondary N) is 1. The van der Waals surface area contributed by atoms with Crippen LogP contribution in [0.15, 0.2) is 34.1 Å². The lowest BCUT2D eigenvalue weighted by molar-refractivity contribution is -0.121. The Hall–Kier alpha value is -1.61. The normalized spacial score (nSPS) is 16.6. The first-order chi connectivity index (χ1) is 13.5. The standard InChI is InChI=1S/C20H26BrN3O3S/c1-14(20(25)22-17-12-15(26-2)4-5-18(17)27-3)24-9-7-23(8-10-24)13-19-16(21)6-11-28-19/h4-6,11-12,14H,7-10,13H2,1-3H3,(H,22,25). The van der Waals surface area contributed by atoms with Crippen LogP contribution in [-0.4, -0.2) is 62.1 Å². The van der Waals surface area contributed by atoms with E-state index in [-0.39, 0.29) is 11.9 Å². The van der Waals surface area contributed by atoms with Crippen LogP contribution in [0.25, 0.3) is 0 Å². The van der Waals surface area contributed by atoms with Gasteiger partial charge in [-0.2, -0.15) is 0 Å². The van der Waals surface area contributed by atoms with Gasteiger partial charge in [-0.05, 0) is 46.4 Å². The molecular weight excluding hydrogens is 442 g/mol. The van der Waals surface area contributed by atoms with Gasteiger partial charge in [0.05, 0.1) is 25.9 Å². The minimum Gasteiger partial charge on any atom is -0.497 e. The predicted molar refractivity (Wildman–Crippen MR) is 117 cm³/mol. The van der Waals surface area contributed by atoms with E-state index in [0.29, 0.717) is 17.2 Å². The highest BCUT2D eigenvalue weighted by Gasteiger charge is 2.26. The van der Waals surface area contributed by atoms with Gasteiger partial charge in [0, 0.05) is 48.1 Å². The van der Waals surface area contributed by atoms with E-state index in [1.807, 2.05) is 13.0 Å². The summed E-state index contributed by atoms with van der Waals surface area (Å²) < 4.78 is 11.8. The van der Waals surface area contributed by atoms with Crippen molar-refractivity contribution in [2.75, 3.05) is 45.7 Å². The molecule has 1 amide bonds. The van der Waals surface area contributed by atoms with Crippen LogP contribution in [0.5, 0.6) is 11.5 Å². The van der Waals surface area contributed by atoms with Gasteiger partial charge in [-0.1, -0.05) is 0 Å². The van der Waals surface area contributed by atoms with Crippen molar-refractivity contribution in [1.82, 2.24) is 9.80 Å². The first kappa shape index (κ1) is 21.1. The average Bonchev–Trinajstić information content (AvgIpc) is 3.12. The molecule has 1 N–H and O–H groups in total. The molecule has 1 aliphatic rings. The second-order valence-electron chi connectivity index (χ2n) is 6.74. The number of amides is 1. The largest absolute Gasteiger partial charge is 0.497 e. The monoisotopic (exact) mass is 467 g/mol. The number of carbonyl (C=O) groups is 1. The van der Waals surface area contributed by atoms with Gasteiger partial charge >= 0.3 is 0 Å². The second kappa shape index (κ2) is 9.73. The molecule has 0 spiro atoms. The summed E-state index contributed by atoms with van der Waals surface area (Å²) in [5.74, 6) is 1.26. The molecule has 1 fully saturated rings. The number of benzene rings is 1. The highest BCUT2D eigenvalue weighted by atomic mass is 79.9. The van der Waals surface area contributed by atoms with Crippen molar-refractivity contribution in [3.63, 3.8) is 0 Å². The van der Waals surface area contributed by atoms with Crippen molar-refractivity contribution in [3.05, 3.63) is 39.0 Å². The number of hydrogen-bond acceptors (Lipinski definition) is 6. The van der Waals surface area contributed by atoms with E-state index in [4.69, 9.17) is 9.47 Å². The quantitative estimate of drug-likeness (QED) is 0.672. The number of piperazine rings is 1. The molecule has 28 heavy (non-hydrogen) atoms. The zero-order valence-corrected chi connectivity index (χ0v) is 18.8. The highest BCUT2D eigenvalue weighted by molar-refractivity contribution is 9.10. The van der Waals surface area contributed by atoms with Crippen molar-refractivity contribution in [2.24, 2.45) is 0 Å². The zero-order valence-electron chi connectivity index (χ0n) is 16.4. The number of hydrogen-bond donors (Lipinski definition) is 1. The molecule has 2 aromatic rings. The maximum atomic E-state index is 12.8. The molecule has 0 bridgehead atoms. The molecule has 1 saturated heterocycles. The number of nitrogens with zero attached hydrogens (tertiary/aromatic N) is 2. The molecule has 0 saturated carbocycles. The summed E-state index contributed by atoms with van der Waals surface area (Å²) in [6, 6.07) is 7.26. The maximum absolute atomic E-state index is 12.8. The summed E-state index contributed by atoms with van der Waals surface area (Å²) in [7, 11) is 3.19. The lowest BCUT2D eigenvalue weighted by atomic mass is 10.2. The number of thiophene rings is 1. The van der Waals surface area contributed by atoms with Gasteiger partial charge in [0.15, 0.2) is 0 Å². The molecule has 1 unspecified atom stereocenters. The number of ether oxygens (including phenoxy) is 2. The van der Waals surface area contributed by atoms with Crippen LogP contribution < -0.4 is 14.8 Å². The molecule has 1 aromatic heterocycles. The molecule has 8 heteroatoms. The number of rotatable bonds is 7. The molecule has 6 nitrogen and oxygen atoms in total. The van der Waals surface area contributed by atoms with Crippen LogP contribution in [0.2, 0.25) is 0 Å². The van der Waals surface area contributed by atoms with Gasteiger partial charge < -0.3 is 14.8 Å². The van der Waals surface area contributed by atoms with E-state index in [2.05, 4.69) is 42.5 Å². The summed E-state index contributed by atoms with van der Waals surface area (Å²) in [4.78, 5) is 18.8. The number of halogens is 1. The molecule has 0 radical (unpaired) electrons. The van der Waals surface area contributed by atoms with Crippen LogP contribution in [0, 0.1) is 0 Å². The first-order valence-electron chi connectivity index (χ1n) is 9.23. The Morgan fingerprint density at radius 2 is 1.96 bits per heavy atom. The SMILES string of the molecule is COc1ccc(OC)c(NC(=O)C(C)N2CCN(Cc3sccc3Br)CC2)c1. The van der Waals surface area contributed by atoms with Gasteiger partial charge in [-0.15, -0.1) is 11.3 Å². The fourth-order valence-electron chi connectivity index (χ4n) is 3.26. The smallest absolute Gasteiger partial charge is 0.241 e. The van der Waals surface area contributed by atoms with E-state index in [1.54, 1.807) is 37.7 Å². The summed E-state index contributed by atoms with van der Waals surface area (Å²) in [5, 5.41) is 5.09. The van der Waals surface area contributed by atoms with Crippen LogP contribution in [-0.2, 0) is 11.3 Å². The fraction of sp³-hybridized carbons (Fsp3) is 0.450. The minimum absolute atomic E-state index is 0.0407. The third kappa shape index (κ3) is 5.05. The van der Waals surface area contributed by atoms with Crippen molar-refractivity contribution in [3.8, 4) is 11.5 Å². The van der Waals surface area contributed by atoms with Crippen LogP contribution in [0.3, 0.4) is 0 Å². The minimum atomic E-state index is -0.216. The number of carbonyl (C=O) groups excluding carboxylic acids is 1. The molecule has 1 aromatic carbocycles. The molecule has 1 atom stereocenters.